The Morgan fingerprint density at radius 3 is 2.86 bits per heavy atom. The average Bonchev–Trinajstić information content (AvgIpc) is 2.70. The number of esters is 1. The topological polar surface area (TPSA) is 103 Å². The zero-order valence-corrected chi connectivity index (χ0v) is 16.7. The number of carbonyl (C=O) groups is 1. The van der Waals surface area contributed by atoms with E-state index < -0.39 is 12.1 Å². The highest BCUT2D eigenvalue weighted by Crippen LogP contribution is 2.43. The maximum absolute atomic E-state index is 12.6. The third-order valence-electron chi connectivity index (χ3n) is 5.08. The second kappa shape index (κ2) is 9.65. The van der Waals surface area contributed by atoms with Gasteiger partial charge in [-0.15, -0.1) is 0 Å². The number of aliphatic hydroxyl groups is 1. The van der Waals surface area contributed by atoms with Gasteiger partial charge in [-0.2, -0.15) is 0 Å². The number of nitrogens with two attached hydrogens (primary N) is 1. The molecule has 0 saturated carbocycles. The minimum Gasteiger partial charge on any atom is -0.485 e. The van der Waals surface area contributed by atoms with Crippen LogP contribution in [-0.2, 0) is 9.47 Å². The molecule has 1 aromatic carbocycles. The van der Waals surface area contributed by atoms with Crippen LogP contribution < -0.4 is 15.2 Å². The Hall–Kier alpha value is -1.74. The highest BCUT2D eigenvalue weighted by molar-refractivity contribution is 6.34. The van der Waals surface area contributed by atoms with E-state index in [2.05, 4.69) is 4.90 Å². The number of nitrogens with zero attached hydrogens (tertiary/aromatic N) is 1. The molecule has 1 aromatic rings. The zero-order valence-electron chi connectivity index (χ0n) is 16.0. The number of methoxy groups -OCH3 is 1. The highest BCUT2D eigenvalue weighted by atomic mass is 35.5. The summed E-state index contributed by atoms with van der Waals surface area (Å²) in [5.41, 5.74) is 6.32. The monoisotopic (exact) mass is 414 g/mol. The van der Waals surface area contributed by atoms with Crippen LogP contribution in [0, 0.1) is 5.92 Å². The molecule has 0 aromatic heterocycles. The molecular formula is C19H27ClN2O6. The standard InChI is InChI=1S/C19H27ClN2O6/c1-25-6-2-4-22-5-3-12(15(23)10-22)11-28-19(24)13-9-14(20)16(21)18-17(13)26-7-8-27-18/h9,12,15,23H,2-8,10-11,21H2,1H3. The van der Waals surface area contributed by atoms with E-state index in [9.17, 15) is 9.90 Å². The minimum absolute atomic E-state index is 0.111. The first kappa shape index (κ1) is 21.0. The van der Waals surface area contributed by atoms with Crippen LogP contribution in [0.1, 0.15) is 23.2 Å². The van der Waals surface area contributed by atoms with E-state index >= 15 is 0 Å². The fourth-order valence-corrected chi connectivity index (χ4v) is 3.68. The van der Waals surface area contributed by atoms with Crippen molar-refractivity contribution in [3.8, 4) is 11.5 Å². The van der Waals surface area contributed by atoms with Crippen LogP contribution in [0.5, 0.6) is 11.5 Å². The minimum atomic E-state index is -0.571. The first-order valence-electron chi connectivity index (χ1n) is 9.45. The highest BCUT2D eigenvalue weighted by Gasteiger charge is 2.30. The molecule has 3 rings (SSSR count). The molecule has 0 radical (unpaired) electrons. The number of anilines is 1. The molecule has 2 aliphatic rings. The molecule has 2 unspecified atom stereocenters. The van der Waals surface area contributed by atoms with Gasteiger partial charge in [-0.3, -0.25) is 0 Å². The molecule has 2 atom stereocenters. The smallest absolute Gasteiger partial charge is 0.342 e. The van der Waals surface area contributed by atoms with E-state index in [1.807, 2.05) is 0 Å². The average molecular weight is 415 g/mol. The number of aliphatic hydroxyl groups excluding tert-OH is 1. The van der Waals surface area contributed by atoms with E-state index in [1.165, 1.54) is 6.07 Å². The maximum Gasteiger partial charge on any atom is 0.342 e. The Morgan fingerprint density at radius 1 is 1.39 bits per heavy atom. The van der Waals surface area contributed by atoms with Gasteiger partial charge in [-0.25, -0.2) is 4.79 Å². The number of likely N-dealkylation sites (tertiary alicyclic amines) is 1. The van der Waals surface area contributed by atoms with Gasteiger partial charge in [0.25, 0.3) is 0 Å². The fourth-order valence-electron chi connectivity index (χ4n) is 3.48. The SMILES string of the molecule is COCCCN1CCC(COC(=O)c2cc(Cl)c(N)c3c2OCCO3)C(O)C1. The predicted octanol–water partition coefficient (Wildman–Crippen LogP) is 1.57. The molecule has 156 valence electrons. The van der Waals surface area contributed by atoms with Gasteiger partial charge in [0, 0.05) is 32.7 Å². The number of benzene rings is 1. The molecule has 3 N–H and O–H groups in total. The molecule has 8 nitrogen and oxygen atoms in total. The van der Waals surface area contributed by atoms with Gasteiger partial charge in [-0.05, 0) is 25.5 Å². The van der Waals surface area contributed by atoms with Crippen LogP contribution in [0.15, 0.2) is 6.07 Å². The van der Waals surface area contributed by atoms with Crippen molar-refractivity contribution < 1.29 is 28.8 Å². The summed E-state index contributed by atoms with van der Waals surface area (Å²) in [5, 5.41) is 10.6. The lowest BCUT2D eigenvalue weighted by Gasteiger charge is -2.35. The summed E-state index contributed by atoms with van der Waals surface area (Å²) < 4.78 is 21.6. The van der Waals surface area contributed by atoms with Gasteiger partial charge < -0.3 is 34.7 Å². The van der Waals surface area contributed by atoms with Crippen molar-refractivity contribution in [1.82, 2.24) is 4.90 Å². The van der Waals surface area contributed by atoms with E-state index in [0.29, 0.717) is 26.4 Å². The Balaban J connectivity index is 1.57. The number of halogens is 1. The summed E-state index contributed by atoms with van der Waals surface area (Å²) in [6, 6.07) is 1.43. The number of ether oxygens (including phenoxy) is 4. The van der Waals surface area contributed by atoms with Gasteiger partial charge in [0.1, 0.15) is 18.8 Å². The van der Waals surface area contributed by atoms with Crippen molar-refractivity contribution in [2.45, 2.75) is 18.9 Å². The lowest BCUT2D eigenvalue weighted by atomic mass is 9.94. The Labute approximate surface area is 169 Å². The van der Waals surface area contributed by atoms with Gasteiger partial charge >= 0.3 is 5.97 Å². The molecule has 0 amide bonds. The van der Waals surface area contributed by atoms with E-state index in [-0.39, 0.29) is 40.3 Å². The summed E-state index contributed by atoms with van der Waals surface area (Å²) in [6.45, 7) is 3.77. The van der Waals surface area contributed by atoms with E-state index in [0.717, 1.165) is 25.9 Å². The Kier molecular flexibility index (Phi) is 7.23. The number of rotatable bonds is 7. The first-order valence-corrected chi connectivity index (χ1v) is 9.83. The zero-order chi connectivity index (χ0) is 20.1. The molecule has 0 aliphatic carbocycles. The maximum atomic E-state index is 12.6. The number of carbonyl (C=O) groups excluding carboxylic acids is 1. The second-order valence-corrected chi connectivity index (χ2v) is 7.44. The summed E-state index contributed by atoms with van der Waals surface area (Å²) in [7, 11) is 1.68. The molecule has 0 spiro atoms. The molecule has 1 fully saturated rings. The predicted molar refractivity (Wildman–Crippen MR) is 104 cm³/mol. The number of hydrogen-bond donors (Lipinski definition) is 2. The van der Waals surface area contributed by atoms with Crippen LogP contribution in [0.25, 0.3) is 0 Å². The third-order valence-corrected chi connectivity index (χ3v) is 5.39. The van der Waals surface area contributed by atoms with Crippen molar-refractivity contribution in [1.29, 1.82) is 0 Å². The van der Waals surface area contributed by atoms with Crippen LogP contribution in [0.4, 0.5) is 5.69 Å². The second-order valence-electron chi connectivity index (χ2n) is 7.04. The van der Waals surface area contributed by atoms with Gasteiger partial charge in [-0.1, -0.05) is 11.6 Å². The number of hydrogen-bond acceptors (Lipinski definition) is 8. The van der Waals surface area contributed by atoms with Crippen LogP contribution in [0.2, 0.25) is 5.02 Å². The molecule has 2 aliphatic heterocycles. The van der Waals surface area contributed by atoms with Crippen molar-refractivity contribution in [3.63, 3.8) is 0 Å². The van der Waals surface area contributed by atoms with E-state index in [4.69, 9.17) is 36.3 Å². The van der Waals surface area contributed by atoms with Crippen molar-refractivity contribution in [3.05, 3.63) is 16.7 Å². The third kappa shape index (κ3) is 4.81. The molecule has 9 heteroatoms. The summed E-state index contributed by atoms with van der Waals surface area (Å²) in [4.78, 5) is 14.8. The van der Waals surface area contributed by atoms with Crippen molar-refractivity contribution in [2.75, 3.05) is 58.9 Å². The molecule has 28 heavy (non-hydrogen) atoms. The van der Waals surface area contributed by atoms with Gasteiger partial charge in [0.15, 0.2) is 11.5 Å². The van der Waals surface area contributed by atoms with Gasteiger partial charge in [0.05, 0.1) is 23.4 Å². The lowest BCUT2D eigenvalue weighted by Crippen LogP contribution is -2.45. The molecule has 0 bridgehead atoms. The van der Waals surface area contributed by atoms with E-state index in [1.54, 1.807) is 7.11 Å². The van der Waals surface area contributed by atoms with Crippen LogP contribution in [0.3, 0.4) is 0 Å². The number of β-amino-alcohol motifs (C(OH)–C–C–N with tert-alkyl or cyclic N) is 1. The summed E-state index contributed by atoms with van der Waals surface area (Å²) in [5.74, 6) is -0.153. The van der Waals surface area contributed by atoms with Crippen molar-refractivity contribution in [2.24, 2.45) is 5.92 Å². The number of nitrogen functional groups attached to an aromatic ring is 1. The summed E-state index contributed by atoms with van der Waals surface area (Å²) >= 11 is 6.11. The first-order chi connectivity index (χ1) is 13.5. The fraction of sp³-hybridized carbons (Fsp3) is 0.632. The molecule has 1 saturated heterocycles. The lowest BCUT2D eigenvalue weighted by molar-refractivity contribution is -0.0160. The number of piperidine rings is 1. The Morgan fingerprint density at radius 2 is 2.14 bits per heavy atom. The van der Waals surface area contributed by atoms with Crippen molar-refractivity contribution >= 4 is 23.3 Å². The van der Waals surface area contributed by atoms with Crippen LogP contribution in [-0.4, -0.2) is 75.3 Å². The normalized spacial score (nSPS) is 22.1. The molecule has 2 heterocycles. The largest absolute Gasteiger partial charge is 0.485 e. The Bertz CT molecular complexity index is 701. The quantitative estimate of drug-likeness (QED) is 0.393. The van der Waals surface area contributed by atoms with Gasteiger partial charge in [0.2, 0.25) is 0 Å². The van der Waals surface area contributed by atoms with Crippen LogP contribution >= 0.6 is 11.6 Å². The number of fused-ring (bicyclic) bond motifs is 1. The summed E-state index contributed by atoms with van der Waals surface area (Å²) in [6.07, 6.45) is 1.13. The molecular weight excluding hydrogens is 388 g/mol.